The minimum Gasteiger partial charge on any atom is -0.256 e. The molecule has 1 N–H and O–H groups in total. The Bertz CT molecular complexity index is 392. The van der Waals surface area contributed by atoms with Crippen LogP contribution in [0.5, 0.6) is 0 Å². The van der Waals surface area contributed by atoms with Crippen LogP contribution < -0.4 is 11.4 Å². The van der Waals surface area contributed by atoms with E-state index in [4.69, 9.17) is 0 Å². The van der Waals surface area contributed by atoms with Crippen LogP contribution in [0, 0.1) is 0 Å². The number of H-pyrrole nitrogens is 1. The van der Waals surface area contributed by atoms with E-state index >= 15 is 0 Å². The van der Waals surface area contributed by atoms with Gasteiger partial charge in [-0.2, -0.15) is 0 Å². The maximum atomic E-state index is 10.8. The second-order valence-corrected chi connectivity index (χ2v) is 2.05. The van der Waals surface area contributed by atoms with Crippen LogP contribution in [-0.4, -0.2) is 14.3 Å². The van der Waals surface area contributed by atoms with Crippen molar-refractivity contribution in [2.45, 2.75) is 6.54 Å². The summed E-state index contributed by atoms with van der Waals surface area (Å²) in [7, 11) is 0. The Morgan fingerprint density at radius 2 is 2.20 bits per heavy atom. The lowest BCUT2D eigenvalue weighted by Crippen LogP contribution is -2.18. The quantitative estimate of drug-likeness (QED) is 0.492. The maximum absolute atomic E-state index is 10.8. The molecule has 5 nitrogen and oxygen atoms in total. The van der Waals surface area contributed by atoms with Gasteiger partial charge in [0.25, 0.3) is 0 Å². The lowest BCUT2D eigenvalue weighted by Gasteiger charge is -1.90. The van der Waals surface area contributed by atoms with Crippen molar-refractivity contribution in [1.29, 1.82) is 0 Å². The van der Waals surface area contributed by atoms with Gasteiger partial charge in [0.05, 0.1) is 6.54 Å². The lowest BCUT2D eigenvalue weighted by atomic mass is 10.6. The topological polar surface area (TPSA) is 59.8 Å². The first-order valence-electron chi connectivity index (χ1n) is 2.87. The Hall–Kier alpha value is -1.52. The average Bonchev–Trinajstić information content (AvgIpc) is 2.39. The number of fused-ring (bicyclic) bond motifs is 1. The van der Waals surface area contributed by atoms with Crippen molar-refractivity contribution in [1.82, 2.24) is 14.3 Å². The van der Waals surface area contributed by atoms with Crippen LogP contribution in [0.3, 0.4) is 0 Å². The summed E-state index contributed by atoms with van der Waals surface area (Å²) in [5.41, 5.74) is -0.728. The van der Waals surface area contributed by atoms with E-state index in [1.807, 2.05) is 0 Å². The first-order chi connectivity index (χ1) is 4.79. The predicted octanol–water partition coefficient (Wildman–Crippen LogP) is -1.18. The van der Waals surface area contributed by atoms with E-state index in [1.54, 1.807) is 12.3 Å². The Labute approximate surface area is 55.2 Å². The Morgan fingerprint density at radius 1 is 1.40 bits per heavy atom. The second-order valence-electron chi connectivity index (χ2n) is 2.05. The summed E-state index contributed by atoms with van der Waals surface area (Å²) in [5, 5.41) is 0. The van der Waals surface area contributed by atoms with E-state index in [-0.39, 0.29) is 11.4 Å². The number of hydrogen-bond donors (Lipinski definition) is 1. The molecule has 0 aromatic carbocycles. The zero-order valence-corrected chi connectivity index (χ0v) is 5.07. The highest BCUT2D eigenvalue weighted by atomic mass is 16.2. The molecule has 0 unspecified atom stereocenters. The number of rotatable bonds is 0. The van der Waals surface area contributed by atoms with Crippen molar-refractivity contribution < 1.29 is 0 Å². The summed E-state index contributed by atoms with van der Waals surface area (Å²) in [6.45, 7) is 0.484. The van der Waals surface area contributed by atoms with Crippen LogP contribution in [0.25, 0.3) is 6.20 Å². The molecule has 0 spiro atoms. The number of allylic oxidation sites excluding steroid dienone is 1. The Morgan fingerprint density at radius 3 is 2.90 bits per heavy atom. The average molecular weight is 139 g/mol. The predicted molar refractivity (Wildman–Crippen MR) is 34.6 cm³/mol. The molecule has 10 heavy (non-hydrogen) atoms. The maximum Gasteiger partial charge on any atom is 0.348 e. The normalized spacial score (nSPS) is 14.0. The van der Waals surface area contributed by atoms with Crippen LogP contribution in [0.2, 0.25) is 0 Å². The van der Waals surface area contributed by atoms with Crippen LogP contribution in [0.1, 0.15) is 0 Å². The molecule has 0 saturated heterocycles. The summed E-state index contributed by atoms with van der Waals surface area (Å²) in [4.78, 5) is 23.7. The molecule has 0 saturated carbocycles. The third-order valence-electron chi connectivity index (χ3n) is 1.44. The van der Waals surface area contributed by atoms with E-state index in [0.717, 1.165) is 0 Å². The molecule has 0 radical (unpaired) electrons. The van der Waals surface area contributed by atoms with E-state index < -0.39 is 0 Å². The van der Waals surface area contributed by atoms with E-state index in [9.17, 15) is 9.59 Å². The smallest absolute Gasteiger partial charge is 0.256 e. The van der Waals surface area contributed by atoms with Crippen molar-refractivity contribution in [3.63, 3.8) is 0 Å². The van der Waals surface area contributed by atoms with E-state index in [2.05, 4.69) is 4.98 Å². The molecule has 1 aromatic rings. The highest BCUT2D eigenvalue weighted by molar-refractivity contribution is 5.22. The summed E-state index contributed by atoms with van der Waals surface area (Å²) < 4.78 is 2.57. The number of hydrogen-bond acceptors (Lipinski definition) is 2. The minimum absolute atomic E-state index is 0.352. The highest BCUT2D eigenvalue weighted by Gasteiger charge is 2.08. The largest absolute Gasteiger partial charge is 0.348 e. The summed E-state index contributed by atoms with van der Waals surface area (Å²) in [6, 6.07) is 0. The molecule has 5 heteroatoms. The van der Waals surface area contributed by atoms with Gasteiger partial charge < -0.3 is 0 Å². The van der Waals surface area contributed by atoms with Crippen molar-refractivity contribution in [2.75, 3.05) is 0 Å². The van der Waals surface area contributed by atoms with Crippen molar-refractivity contribution in [3.05, 3.63) is 27.0 Å². The van der Waals surface area contributed by atoms with Gasteiger partial charge >= 0.3 is 11.4 Å². The third kappa shape index (κ3) is 0.464. The van der Waals surface area contributed by atoms with Crippen LogP contribution in [-0.2, 0) is 6.54 Å². The molecule has 1 aliphatic rings. The highest BCUT2D eigenvalue weighted by Crippen LogP contribution is 1.90. The fourth-order valence-corrected chi connectivity index (χ4v) is 0.987. The molecule has 0 atom stereocenters. The Balaban J connectivity index is 2.95. The number of nitrogens with one attached hydrogen (secondary N) is 1. The Kier molecular flexibility index (Phi) is 0.791. The molecule has 0 amide bonds. The molecule has 0 fully saturated rings. The van der Waals surface area contributed by atoms with Crippen molar-refractivity contribution >= 4 is 6.20 Å². The molecule has 2 rings (SSSR count). The van der Waals surface area contributed by atoms with Crippen LogP contribution >= 0.6 is 0 Å². The van der Waals surface area contributed by atoms with Crippen molar-refractivity contribution in [2.24, 2.45) is 0 Å². The fourth-order valence-electron chi connectivity index (χ4n) is 0.987. The van der Waals surface area contributed by atoms with Gasteiger partial charge in [0.1, 0.15) is 0 Å². The molecular weight excluding hydrogens is 134 g/mol. The van der Waals surface area contributed by atoms with Crippen LogP contribution in [0.4, 0.5) is 0 Å². The van der Waals surface area contributed by atoms with Gasteiger partial charge in [0, 0.05) is 6.20 Å². The molecule has 0 aliphatic carbocycles. The first-order valence-corrected chi connectivity index (χ1v) is 2.87. The van der Waals surface area contributed by atoms with Gasteiger partial charge in [0.15, 0.2) is 0 Å². The minimum atomic E-state index is -0.376. The number of aromatic amines is 1. The zero-order valence-electron chi connectivity index (χ0n) is 5.07. The lowest BCUT2D eigenvalue weighted by molar-refractivity contribution is 0.637. The fraction of sp³-hybridized carbons (Fsp3) is 0.200. The van der Waals surface area contributed by atoms with Gasteiger partial charge in [0.2, 0.25) is 0 Å². The summed E-state index contributed by atoms with van der Waals surface area (Å²) in [6.07, 6.45) is 3.32. The zero-order chi connectivity index (χ0) is 7.14. The van der Waals surface area contributed by atoms with Gasteiger partial charge in [-0.3, -0.25) is 4.98 Å². The third-order valence-corrected chi connectivity index (χ3v) is 1.44. The van der Waals surface area contributed by atoms with Gasteiger partial charge in [-0.1, -0.05) is 0 Å². The molecule has 52 valence electrons. The first kappa shape index (κ1) is 5.28. The molecule has 1 aromatic heterocycles. The molecule has 1 aliphatic heterocycles. The SMILES string of the molecule is O=c1[nH]c(=O)n2n1C=CC2. The molecular formula is C5H5N3O2. The standard InChI is InChI=1S/C5H5N3O2/c9-4-6-5(10)8-3-1-2-7(4)8/h1-2H,3H2,(H,6,9,10). The number of aromatic nitrogens is 3. The number of nitrogens with zero attached hydrogens (tertiary/aromatic N) is 2. The molecule has 2 heterocycles. The van der Waals surface area contributed by atoms with Gasteiger partial charge in [-0.25, -0.2) is 19.0 Å². The van der Waals surface area contributed by atoms with Gasteiger partial charge in [-0.15, -0.1) is 0 Å². The monoisotopic (exact) mass is 139 g/mol. The molecule has 0 bridgehead atoms. The van der Waals surface area contributed by atoms with E-state index in [0.29, 0.717) is 6.54 Å². The van der Waals surface area contributed by atoms with Crippen molar-refractivity contribution in [3.8, 4) is 0 Å². The summed E-state index contributed by atoms with van der Waals surface area (Å²) in [5.74, 6) is 0. The second kappa shape index (κ2) is 1.50. The van der Waals surface area contributed by atoms with E-state index in [1.165, 1.54) is 9.36 Å². The van der Waals surface area contributed by atoms with Gasteiger partial charge in [-0.05, 0) is 6.08 Å². The summed E-state index contributed by atoms with van der Waals surface area (Å²) >= 11 is 0. The van der Waals surface area contributed by atoms with Crippen LogP contribution in [0.15, 0.2) is 15.7 Å².